The normalized spacial score (nSPS) is 14.9. The second-order valence-corrected chi connectivity index (χ2v) is 10.7. The highest BCUT2D eigenvalue weighted by molar-refractivity contribution is 5.66. The van der Waals surface area contributed by atoms with E-state index >= 15 is 0 Å². The molecule has 0 radical (unpaired) electrons. The highest BCUT2D eigenvalue weighted by Crippen LogP contribution is 2.45. The van der Waals surface area contributed by atoms with Crippen LogP contribution in [0.2, 0.25) is 0 Å². The van der Waals surface area contributed by atoms with Crippen LogP contribution >= 0.6 is 0 Å². The number of rotatable bonds is 17. The molecule has 1 aliphatic carbocycles. The third-order valence-corrected chi connectivity index (χ3v) is 7.89. The lowest BCUT2D eigenvalue weighted by Gasteiger charge is -2.30. The number of aryl methyl sites for hydroxylation is 1. The average molecular weight is 479 g/mol. The van der Waals surface area contributed by atoms with Crippen molar-refractivity contribution in [2.24, 2.45) is 0 Å². The summed E-state index contributed by atoms with van der Waals surface area (Å²) in [6.07, 6.45) is 25.2. The van der Waals surface area contributed by atoms with Crippen molar-refractivity contribution >= 4 is 5.97 Å². The van der Waals surface area contributed by atoms with Crippen LogP contribution in [0.3, 0.4) is 0 Å². The van der Waals surface area contributed by atoms with E-state index < -0.39 is 5.97 Å². The van der Waals surface area contributed by atoms with Crippen LogP contribution in [0.1, 0.15) is 127 Å². The smallest absolute Gasteiger partial charge is 0.303 e. The first-order chi connectivity index (χ1) is 17.1. The Morgan fingerprint density at radius 2 is 1.43 bits per heavy atom. The molecule has 0 aliphatic heterocycles. The summed E-state index contributed by atoms with van der Waals surface area (Å²) >= 11 is 0. The summed E-state index contributed by atoms with van der Waals surface area (Å²) in [6.45, 7) is 2.26. The number of aliphatic carboxylic acids is 1. The number of hydrogen-bond donors (Lipinski definition) is 1. The Morgan fingerprint density at radius 1 is 0.829 bits per heavy atom. The molecular weight excluding hydrogens is 432 g/mol. The maximum absolute atomic E-state index is 10.7. The fourth-order valence-electron chi connectivity index (χ4n) is 5.72. The molecule has 1 aliphatic rings. The van der Waals surface area contributed by atoms with Crippen LogP contribution < -0.4 is 0 Å². The molecule has 1 fully saturated rings. The second-order valence-electron chi connectivity index (χ2n) is 10.7. The third kappa shape index (κ3) is 9.05. The predicted molar refractivity (Wildman–Crippen MR) is 145 cm³/mol. The van der Waals surface area contributed by atoms with Gasteiger partial charge in [-0.05, 0) is 55.1 Å². The van der Waals surface area contributed by atoms with Crippen LogP contribution in [0.5, 0.6) is 0 Å². The molecule has 1 aromatic heterocycles. The summed E-state index contributed by atoms with van der Waals surface area (Å²) in [5.74, 6) is 0.151. The van der Waals surface area contributed by atoms with Gasteiger partial charge in [-0.3, -0.25) is 4.79 Å². The van der Waals surface area contributed by atoms with Crippen LogP contribution in [-0.4, -0.2) is 21.0 Å². The van der Waals surface area contributed by atoms with Gasteiger partial charge in [0.05, 0.1) is 0 Å². The Labute approximate surface area is 213 Å². The number of carbonyl (C=O) groups is 1. The number of aromatic nitrogens is 2. The van der Waals surface area contributed by atoms with E-state index in [1.54, 1.807) is 0 Å². The molecule has 1 aromatic carbocycles. The summed E-state index contributed by atoms with van der Waals surface area (Å²) in [6, 6.07) is 9.07. The maximum Gasteiger partial charge on any atom is 0.303 e. The molecule has 0 saturated heterocycles. The Morgan fingerprint density at radius 3 is 2.09 bits per heavy atom. The summed E-state index contributed by atoms with van der Waals surface area (Å²) in [5.41, 5.74) is 4.14. The molecule has 0 unspecified atom stereocenters. The molecule has 4 nitrogen and oxygen atoms in total. The van der Waals surface area contributed by atoms with Gasteiger partial charge in [-0.15, -0.1) is 0 Å². The first kappa shape index (κ1) is 27.4. The molecule has 4 heteroatoms. The fraction of sp³-hybridized carbons (Fsp3) is 0.645. The van der Waals surface area contributed by atoms with Crippen LogP contribution in [-0.2, 0) is 16.6 Å². The fourth-order valence-corrected chi connectivity index (χ4v) is 5.72. The summed E-state index contributed by atoms with van der Waals surface area (Å²) < 4.78 is 0. The van der Waals surface area contributed by atoms with Crippen molar-refractivity contribution < 1.29 is 9.90 Å². The molecular formula is C31H46N2O2. The summed E-state index contributed by atoms with van der Waals surface area (Å²) in [5, 5.41) is 8.78. The van der Waals surface area contributed by atoms with Gasteiger partial charge in [-0.1, -0.05) is 102 Å². The number of unbranched alkanes of at least 4 members (excludes halogenated alkanes) is 9. The van der Waals surface area contributed by atoms with Crippen molar-refractivity contribution in [3.63, 3.8) is 0 Å². The van der Waals surface area contributed by atoms with Crippen molar-refractivity contribution in [2.45, 2.75) is 128 Å². The van der Waals surface area contributed by atoms with Gasteiger partial charge >= 0.3 is 5.97 Å². The van der Waals surface area contributed by atoms with Crippen LogP contribution in [0.25, 0.3) is 11.4 Å². The van der Waals surface area contributed by atoms with Crippen molar-refractivity contribution in [3.05, 3.63) is 47.8 Å². The van der Waals surface area contributed by atoms with Gasteiger partial charge in [-0.2, -0.15) is 0 Å². The lowest BCUT2D eigenvalue weighted by Crippen LogP contribution is -2.21. The van der Waals surface area contributed by atoms with Crippen molar-refractivity contribution in [3.8, 4) is 11.4 Å². The SMILES string of the molecule is CCCCCCCCc1cnc(-c2ccc(C3(CCCCCCCC(=O)O)CCCC3)cc2)nc1. The molecule has 1 saturated carbocycles. The number of benzene rings is 1. The zero-order chi connectivity index (χ0) is 24.8. The molecule has 1 N–H and O–H groups in total. The van der Waals surface area contributed by atoms with Crippen molar-refractivity contribution in [1.29, 1.82) is 0 Å². The van der Waals surface area contributed by atoms with E-state index in [1.807, 2.05) is 12.4 Å². The first-order valence-corrected chi connectivity index (χ1v) is 14.3. The first-order valence-electron chi connectivity index (χ1n) is 14.3. The number of carboxylic acid groups (broad SMARTS) is 1. The predicted octanol–water partition coefficient (Wildman–Crippen LogP) is 8.67. The Bertz CT molecular complexity index is 855. The second kappa shape index (κ2) is 15.0. The molecule has 0 bridgehead atoms. The number of carboxylic acids is 1. The minimum atomic E-state index is -0.673. The van der Waals surface area contributed by atoms with Gasteiger partial charge in [0.2, 0.25) is 0 Å². The van der Waals surface area contributed by atoms with Crippen LogP contribution in [0, 0.1) is 0 Å². The maximum atomic E-state index is 10.7. The minimum Gasteiger partial charge on any atom is -0.481 e. The zero-order valence-electron chi connectivity index (χ0n) is 21.9. The van der Waals surface area contributed by atoms with Crippen molar-refractivity contribution in [1.82, 2.24) is 9.97 Å². The van der Waals surface area contributed by atoms with E-state index in [1.165, 1.54) is 94.6 Å². The molecule has 192 valence electrons. The molecule has 1 heterocycles. The molecule has 35 heavy (non-hydrogen) atoms. The Hall–Kier alpha value is -2.23. The van der Waals surface area contributed by atoms with Gasteiger partial charge in [0.15, 0.2) is 5.82 Å². The van der Waals surface area contributed by atoms with Gasteiger partial charge in [-0.25, -0.2) is 9.97 Å². The van der Waals surface area contributed by atoms with E-state index in [0.717, 1.165) is 37.1 Å². The Balaban J connectivity index is 1.48. The van der Waals surface area contributed by atoms with Crippen LogP contribution in [0.4, 0.5) is 0 Å². The van der Waals surface area contributed by atoms with Gasteiger partial charge in [0, 0.05) is 24.4 Å². The summed E-state index contributed by atoms with van der Waals surface area (Å²) in [7, 11) is 0. The van der Waals surface area contributed by atoms with E-state index in [2.05, 4.69) is 41.2 Å². The lowest BCUT2D eigenvalue weighted by atomic mass is 9.74. The molecule has 0 atom stereocenters. The average Bonchev–Trinajstić information content (AvgIpc) is 3.36. The number of nitrogens with zero attached hydrogens (tertiary/aromatic N) is 2. The highest BCUT2D eigenvalue weighted by Gasteiger charge is 2.34. The van der Waals surface area contributed by atoms with E-state index in [-0.39, 0.29) is 0 Å². The highest BCUT2D eigenvalue weighted by atomic mass is 16.4. The van der Waals surface area contributed by atoms with Crippen molar-refractivity contribution in [2.75, 3.05) is 0 Å². The molecule has 0 amide bonds. The Kier molecular flexibility index (Phi) is 11.7. The van der Waals surface area contributed by atoms with Crippen LogP contribution in [0.15, 0.2) is 36.7 Å². The molecule has 2 aromatic rings. The molecule has 0 spiro atoms. The van der Waals surface area contributed by atoms with Gasteiger partial charge in [0.1, 0.15) is 0 Å². The zero-order valence-corrected chi connectivity index (χ0v) is 21.9. The molecule has 3 rings (SSSR count). The van der Waals surface area contributed by atoms with Gasteiger partial charge in [0.25, 0.3) is 0 Å². The minimum absolute atomic E-state index is 0.307. The lowest BCUT2D eigenvalue weighted by molar-refractivity contribution is -0.137. The standard InChI is InChI=1S/C31H46N2O2/c1-2-3-4-5-7-10-15-26-24-32-30(33-25-26)27-17-19-28(20-18-27)31(22-13-14-23-31)21-12-9-6-8-11-16-29(34)35/h17-20,24-25H,2-16,21-23H2,1H3,(H,34,35). The quantitative estimate of drug-likeness (QED) is 0.231. The van der Waals surface area contributed by atoms with E-state index in [0.29, 0.717) is 11.8 Å². The largest absolute Gasteiger partial charge is 0.481 e. The third-order valence-electron chi connectivity index (χ3n) is 7.89. The summed E-state index contributed by atoms with van der Waals surface area (Å²) in [4.78, 5) is 20.0. The van der Waals surface area contributed by atoms with E-state index in [4.69, 9.17) is 5.11 Å². The van der Waals surface area contributed by atoms with Gasteiger partial charge < -0.3 is 5.11 Å². The number of hydrogen-bond acceptors (Lipinski definition) is 3. The van der Waals surface area contributed by atoms with E-state index in [9.17, 15) is 4.79 Å². The monoisotopic (exact) mass is 478 g/mol. The topological polar surface area (TPSA) is 63.1 Å².